The standard InChI is InChI=1S/C29H22N4O18S4.4K/c1-3-47-28(36)24-18(26(34)32(30-24)20-14-16(49-53(39)40)10-12-22(20)54(41,42)43)8-6-5-7-9-19-25(29(37)48-4-2)31-33(27(19)35)21-15-17(52-51-50-38)11-13-23(21)55(44,45)46;;;;/h1,5-15,35,38H,4H2,2H3,(H,39,40)(H,41,42,43)(H,44,45,46);;;;/q;4*+1/p-4/b6-5?,9-7?,18-8-;;;;. The molecular weight excluding hydrogens is 977 g/mol. The molecule has 1 aromatic heterocycles. The molecule has 1 aliphatic heterocycles. The number of allylic oxidation sites excluding steroid dienone is 4. The molecule has 2 heterocycles. The van der Waals surface area contributed by atoms with Gasteiger partial charge in [-0.1, -0.05) is 24.7 Å². The molecular formula is C29H18K4N4O18S4. The van der Waals surface area contributed by atoms with Crippen LogP contribution in [-0.2, 0) is 60.0 Å². The predicted molar refractivity (Wildman–Crippen MR) is 177 cm³/mol. The number of aromatic hydroxyl groups is 1. The number of carbonyl (C=O) groups excluding carboxylic acids is 3. The van der Waals surface area contributed by atoms with Gasteiger partial charge in [0.1, 0.15) is 43.5 Å². The van der Waals surface area contributed by atoms with Gasteiger partial charge < -0.3 is 37.7 Å². The van der Waals surface area contributed by atoms with Crippen molar-refractivity contribution < 1.29 is 288 Å². The molecule has 1 N–H and O–H groups in total. The quantitative estimate of drug-likeness (QED) is 0.0141. The molecule has 22 nitrogen and oxygen atoms in total. The Bertz CT molecular complexity index is 2490. The molecule has 1 atom stereocenters. The third kappa shape index (κ3) is 16.0. The molecule has 0 fully saturated rings. The number of anilines is 1. The Morgan fingerprint density at radius 3 is 2.19 bits per heavy atom. The van der Waals surface area contributed by atoms with Crippen molar-refractivity contribution in [2.45, 2.75) is 21.6 Å². The first-order valence-electron chi connectivity index (χ1n) is 14.2. The summed E-state index contributed by atoms with van der Waals surface area (Å²) in [6, 6.07) is 4.94. The topological polar surface area (TPSA) is 329 Å². The fraction of sp³-hybridized carbons (Fsp3) is 0.0690. The number of amides is 1. The van der Waals surface area contributed by atoms with Crippen LogP contribution in [0.1, 0.15) is 23.0 Å². The largest absolute Gasteiger partial charge is 1.00 e. The average Bonchev–Trinajstić information content (AvgIpc) is 3.61. The van der Waals surface area contributed by atoms with Crippen LogP contribution in [0.2, 0.25) is 0 Å². The molecule has 290 valence electrons. The first kappa shape index (κ1) is 59.8. The van der Waals surface area contributed by atoms with E-state index in [4.69, 9.17) is 11.2 Å². The molecule has 59 heavy (non-hydrogen) atoms. The number of esters is 2. The summed E-state index contributed by atoms with van der Waals surface area (Å²) in [6.45, 7) is 1.28. The first-order chi connectivity index (χ1) is 25.9. The van der Waals surface area contributed by atoms with Crippen LogP contribution in [0.15, 0.2) is 86.1 Å². The fourth-order valence-electron chi connectivity index (χ4n) is 4.43. The van der Waals surface area contributed by atoms with Gasteiger partial charge in [-0.15, -0.1) is 0 Å². The molecule has 30 heteroatoms. The van der Waals surface area contributed by atoms with Crippen molar-refractivity contribution in [3.05, 3.63) is 77.5 Å². The van der Waals surface area contributed by atoms with E-state index in [-0.39, 0.29) is 222 Å². The van der Waals surface area contributed by atoms with Crippen LogP contribution >= 0.6 is 12.0 Å². The molecule has 4 rings (SSSR count). The minimum Gasteiger partial charge on any atom is -0.744 e. The Kier molecular flexibility index (Phi) is 27.7. The normalized spacial score (nSPS) is 13.7. The number of hydrazone groups is 1. The maximum Gasteiger partial charge on any atom is 1.00 e. The molecule has 3 aromatic rings. The van der Waals surface area contributed by atoms with E-state index in [9.17, 15) is 59.5 Å². The van der Waals surface area contributed by atoms with E-state index in [0.717, 1.165) is 54.6 Å². The summed E-state index contributed by atoms with van der Waals surface area (Å²) in [6.07, 6.45) is 11.9. The number of ether oxygens (including phenoxy) is 2. The van der Waals surface area contributed by atoms with Gasteiger partial charge in [-0.05, 0) is 49.4 Å². The summed E-state index contributed by atoms with van der Waals surface area (Å²) < 4.78 is 113. The molecule has 0 saturated heterocycles. The van der Waals surface area contributed by atoms with Crippen molar-refractivity contribution in [3.63, 3.8) is 0 Å². The smallest absolute Gasteiger partial charge is 0.744 e. The molecule has 1 unspecified atom stereocenters. The summed E-state index contributed by atoms with van der Waals surface area (Å²) in [7, 11) is -10.6. The van der Waals surface area contributed by atoms with E-state index in [1.165, 1.54) is 6.92 Å². The van der Waals surface area contributed by atoms with Crippen LogP contribution in [0, 0.1) is 12.5 Å². The third-order valence-corrected chi connectivity index (χ3v) is 9.18. The maximum atomic E-state index is 13.4. The molecule has 0 aliphatic carbocycles. The number of terminal acetylenes is 1. The van der Waals surface area contributed by atoms with Crippen LogP contribution in [0.4, 0.5) is 5.69 Å². The second kappa shape index (κ2) is 27.3. The van der Waals surface area contributed by atoms with Crippen molar-refractivity contribution >= 4 is 79.0 Å². The predicted octanol–water partition coefficient (Wildman–Crippen LogP) is -12.0. The Labute approximate surface area is 511 Å². The van der Waals surface area contributed by atoms with Gasteiger partial charge >= 0.3 is 217 Å². The summed E-state index contributed by atoms with van der Waals surface area (Å²) in [5, 5.41) is 32.5. The van der Waals surface area contributed by atoms with Gasteiger partial charge in [-0.2, -0.15) is 24.2 Å². The number of nitrogens with zero attached hydrogens (tertiary/aromatic N) is 4. The Morgan fingerprint density at radius 1 is 0.983 bits per heavy atom. The zero-order valence-electron chi connectivity index (χ0n) is 30.9. The van der Waals surface area contributed by atoms with Gasteiger partial charge in [0, 0.05) is 11.0 Å². The van der Waals surface area contributed by atoms with E-state index < -0.39 is 105 Å². The zero-order chi connectivity index (χ0) is 40.7. The zero-order valence-corrected chi connectivity index (χ0v) is 46.7. The van der Waals surface area contributed by atoms with Crippen molar-refractivity contribution in [2.24, 2.45) is 5.10 Å². The van der Waals surface area contributed by atoms with Crippen molar-refractivity contribution in [1.82, 2.24) is 9.78 Å². The number of rotatable bonds is 15. The second-order valence-corrected chi connectivity index (χ2v) is 13.8. The van der Waals surface area contributed by atoms with Crippen LogP contribution < -0.4 is 220 Å². The van der Waals surface area contributed by atoms with Crippen LogP contribution in [0.5, 0.6) is 11.6 Å². The maximum absolute atomic E-state index is 13.4. The minimum absolute atomic E-state index is 0. The van der Waals surface area contributed by atoms with E-state index in [2.05, 4.69) is 28.5 Å². The third-order valence-electron chi connectivity index (χ3n) is 6.51. The summed E-state index contributed by atoms with van der Waals surface area (Å²) in [5.41, 5.74) is -3.78. The molecule has 1 aliphatic rings. The van der Waals surface area contributed by atoms with Crippen LogP contribution in [0.3, 0.4) is 0 Å². The summed E-state index contributed by atoms with van der Waals surface area (Å²) >= 11 is -2.87. The Hall–Kier alpha value is 0.815. The summed E-state index contributed by atoms with van der Waals surface area (Å²) in [5.74, 6) is -5.20. The van der Waals surface area contributed by atoms with Crippen LogP contribution in [-0.4, -0.2) is 79.8 Å². The van der Waals surface area contributed by atoms with Gasteiger partial charge in [0.05, 0.1) is 51.0 Å². The fourth-order valence-corrected chi connectivity index (χ4v) is 6.35. The number of hydrogen-bond acceptors (Lipinski definition) is 21. The van der Waals surface area contributed by atoms with Crippen molar-refractivity contribution in [2.75, 3.05) is 11.6 Å². The summed E-state index contributed by atoms with van der Waals surface area (Å²) in [4.78, 5) is 36.8. The van der Waals surface area contributed by atoms with E-state index >= 15 is 0 Å². The Balaban J connectivity index is 0.00000841. The molecule has 0 bridgehead atoms. The van der Waals surface area contributed by atoms with E-state index in [1.807, 2.05) is 0 Å². The molecule has 1 amide bonds. The van der Waals surface area contributed by atoms with Gasteiger partial charge in [0.25, 0.3) is 5.91 Å². The van der Waals surface area contributed by atoms with E-state index in [0.29, 0.717) is 28.9 Å². The SMILES string of the molecule is C#COC(=O)C1=NN(c2cc(OS(=O)[O-])ccc2S(=O)(=O)[O-])C(=O)/C1=C\C=CC=Cc1c(C(=O)OCC)nn(-c2cc(SOO[O-])ccc2S(=O)(=O)[O-])c1O.[K+].[K+].[K+].[K+]. The van der Waals surface area contributed by atoms with Gasteiger partial charge in [-0.3, -0.25) is 9.83 Å². The van der Waals surface area contributed by atoms with Crippen molar-refractivity contribution in [1.29, 1.82) is 0 Å². The molecule has 0 saturated carbocycles. The van der Waals surface area contributed by atoms with Crippen LogP contribution in [0.25, 0.3) is 11.8 Å². The van der Waals surface area contributed by atoms with E-state index in [1.54, 1.807) is 6.11 Å². The number of hydrogen-bond donors (Lipinski definition) is 1. The monoisotopic (exact) mass is 994 g/mol. The van der Waals surface area contributed by atoms with Gasteiger partial charge in [-0.25, -0.2) is 30.6 Å². The molecule has 0 spiro atoms. The molecule has 0 radical (unpaired) electrons. The number of carbonyl (C=O) groups is 3. The average molecular weight is 995 g/mol. The van der Waals surface area contributed by atoms with Gasteiger partial charge in [0.2, 0.25) is 5.88 Å². The molecule has 2 aromatic carbocycles. The number of benzene rings is 2. The Morgan fingerprint density at radius 2 is 1.61 bits per heavy atom. The van der Waals surface area contributed by atoms with Crippen molar-refractivity contribution in [3.8, 4) is 29.8 Å². The number of aromatic nitrogens is 2. The minimum atomic E-state index is -5.35. The first-order valence-corrected chi connectivity index (χ1v) is 18.7. The van der Waals surface area contributed by atoms with Gasteiger partial charge in [0.15, 0.2) is 11.4 Å². The second-order valence-electron chi connectivity index (χ2n) is 9.79.